The molecule has 0 unspecified atom stereocenters. The van der Waals surface area contributed by atoms with Crippen LogP contribution in [0.5, 0.6) is 92.0 Å². The lowest BCUT2D eigenvalue weighted by molar-refractivity contribution is 0.361. The summed E-state index contributed by atoms with van der Waals surface area (Å²) in [6.45, 7) is 49.2. The van der Waals surface area contributed by atoms with E-state index >= 15 is 0 Å². The highest BCUT2D eigenvalue weighted by Gasteiger charge is 2.35. The topological polar surface area (TPSA) is 183 Å². The van der Waals surface area contributed by atoms with Gasteiger partial charge in [0.05, 0.1) is 161 Å². The number of benzene rings is 12. The Bertz CT molecular complexity index is 6580. The molecule has 24 nitrogen and oxygen atoms in total. The first-order chi connectivity index (χ1) is 69.3. The average molecular weight is 1940 g/mol. The van der Waals surface area contributed by atoms with Gasteiger partial charge >= 0.3 is 0 Å². The first-order valence-corrected chi connectivity index (χ1v) is 51.9. The largest absolute Gasteiger partial charge is 0.453 e. The molecule has 5 heterocycles. The zero-order valence-corrected chi connectivity index (χ0v) is 88.9. The van der Waals surface area contributed by atoms with E-state index in [4.69, 9.17) is 67.8 Å². The Morgan fingerprint density at radius 1 is 0.174 bits per heavy atom. The van der Waals surface area contributed by atoms with Gasteiger partial charge in [0, 0.05) is 92.3 Å². The third-order valence-electron chi connectivity index (χ3n) is 32.6. The monoisotopic (exact) mass is 1940 g/mol. The van der Waals surface area contributed by atoms with Crippen LogP contribution in [0.4, 0.5) is 45.5 Å². The fraction of sp³-hybridized carbons (Fsp3) is 0.333. The number of aromatic nitrogens is 8. The highest BCUT2D eigenvalue weighted by atomic mass is 16.5. The summed E-state index contributed by atoms with van der Waals surface area (Å²) < 4.78 is 64.6. The van der Waals surface area contributed by atoms with Gasteiger partial charge in [-0.25, -0.2) is 29.9 Å². The van der Waals surface area contributed by atoms with Crippen molar-refractivity contribution in [3.05, 3.63) is 243 Å². The maximum atomic E-state index is 7.40. The number of hydrogen-bond acceptors (Lipinski definition) is 14. The van der Waals surface area contributed by atoms with Gasteiger partial charge in [-0.2, -0.15) is 0 Å². The fourth-order valence-electron chi connectivity index (χ4n) is 19.2. The summed E-state index contributed by atoms with van der Waals surface area (Å²) in [6.07, 6.45) is 0. The minimum absolute atomic E-state index is 0.287. The molecule has 0 spiro atoms. The van der Waals surface area contributed by atoms with Gasteiger partial charge in [-0.3, -0.25) is 35.9 Å². The van der Waals surface area contributed by atoms with Gasteiger partial charge in [-0.05, 0) is 256 Å². The number of ether oxygens (including phenoxy) is 8. The lowest BCUT2D eigenvalue weighted by Gasteiger charge is -2.32. The lowest BCUT2D eigenvalue weighted by Crippen LogP contribution is -2.44. The van der Waals surface area contributed by atoms with Crippen molar-refractivity contribution in [2.45, 2.75) is 111 Å². The SMILES string of the molecule is CC[N+](C)(CC)c1cccc(Oc2cc3c(cc2Oc2cccc([N+](C)(CC)CC)c2)-c2nc-3nc3[nH]c(nc4nc(nc5[nH]c(n2)c2cc(Oc6cccc([N+](C)(CC)CC)c6)c(Oc6cccc([N+](C)(CC)CC)c6)cc52)-c2cc(Oc5cccc([N+](C)(CC)CC)c5)c(Oc5cccc([N+](C)(CC)CC)c5)cc2-4)c2cc(Oc4cccc([N+](C)(CC)CC)c4)c(Oc4cccc([N+](C)(CC)CC)c4)cc32)c1. The number of fused-ring (bicyclic) bond motifs is 20. The summed E-state index contributed by atoms with van der Waals surface area (Å²) >= 11 is 0. The van der Waals surface area contributed by atoms with Crippen LogP contribution in [0.25, 0.3) is 89.7 Å². The molecule has 15 aromatic rings. The van der Waals surface area contributed by atoms with Crippen molar-refractivity contribution in [2.75, 3.05) is 161 Å². The van der Waals surface area contributed by atoms with E-state index in [0.717, 1.165) is 150 Å². The van der Waals surface area contributed by atoms with Gasteiger partial charge in [-0.15, -0.1) is 0 Å². The Kier molecular flexibility index (Phi) is 29.2. The third-order valence-corrected chi connectivity index (χ3v) is 32.6. The number of H-pyrrole nitrogens is 2. The van der Waals surface area contributed by atoms with E-state index in [0.29, 0.717) is 194 Å². The van der Waals surface area contributed by atoms with Crippen LogP contribution >= 0.6 is 0 Å². The highest BCUT2D eigenvalue weighted by Crippen LogP contribution is 2.52. The van der Waals surface area contributed by atoms with E-state index in [9.17, 15) is 0 Å². The molecule has 0 amide bonds. The molecule has 0 saturated carbocycles. The van der Waals surface area contributed by atoms with Crippen LogP contribution in [0.2, 0.25) is 0 Å². The zero-order chi connectivity index (χ0) is 102. The number of nitrogens with zero attached hydrogens (tertiary/aromatic N) is 14. The fourth-order valence-corrected chi connectivity index (χ4v) is 19.2. The summed E-state index contributed by atoms with van der Waals surface area (Å²) in [7, 11) is 18.0. The zero-order valence-electron chi connectivity index (χ0n) is 88.9. The van der Waals surface area contributed by atoms with Crippen molar-refractivity contribution in [1.29, 1.82) is 0 Å². The number of rotatable bonds is 40. The predicted octanol–water partition coefficient (Wildman–Crippen LogP) is 29.0. The summed E-state index contributed by atoms with van der Waals surface area (Å²) in [5.74, 6) is 9.33. The Labute approximate surface area is 850 Å². The molecule has 2 aliphatic heterocycles. The van der Waals surface area contributed by atoms with Crippen molar-refractivity contribution < 1.29 is 37.9 Å². The standard InChI is InChI=1S/C120H146N16O8/c1-25-129(17,26-2)81-49-41-57-89(65-81)137-105-73-97-98(74-106(105)138-90-58-42-50-82(66-90)130(18,27-3)28-4)114-121-113(97)125-115-99-75-107(139-91-59-43-51-83(67-91)131(19,29-5)30-6)108(140-92-60-44-52-84(68-92)132(20,31-7)32-8)76-100(99)117(122-115)127-119-103-79-111(143-95-63-47-55-87(71-95)135(23,37-13)38-14)112(144-96-64-48-56-88(72-96)136(24,39-15)40-16)80-104(103)120(124-119)128-118-102-78-110(142-94-62-46-54-86(70-94)134(22,35-11)36-12)109(77-101(102)116(123-118)126-114)141-93-61-45-53-85(69-93)133(21,33-9)34-10/h41-80H,25-40H2,1-24H3,(H2,121,122,123,124,125,126,127,128)/q+8. The minimum Gasteiger partial charge on any atom is -0.453 e. The van der Waals surface area contributed by atoms with Crippen LogP contribution < -0.4 is 73.8 Å². The maximum Gasteiger partial charge on any atom is 0.170 e. The van der Waals surface area contributed by atoms with E-state index in [1.54, 1.807) is 0 Å². The van der Waals surface area contributed by atoms with Gasteiger partial charge in [-0.1, -0.05) is 48.5 Å². The highest BCUT2D eigenvalue weighted by molar-refractivity contribution is 6.08. The van der Waals surface area contributed by atoms with Gasteiger partial charge in [0.2, 0.25) is 0 Å². The van der Waals surface area contributed by atoms with Crippen molar-refractivity contribution in [2.24, 2.45) is 0 Å². The molecule has 144 heavy (non-hydrogen) atoms. The Hall–Kier alpha value is -13.9. The normalized spacial score (nSPS) is 12.6. The average Bonchev–Trinajstić information content (AvgIpc) is 1.58. The molecule has 0 radical (unpaired) electrons. The van der Waals surface area contributed by atoms with Crippen LogP contribution in [0.3, 0.4) is 0 Å². The molecule has 0 saturated heterocycles. The quantitative estimate of drug-likeness (QED) is 0.0346. The molecular weight excluding hydrogens is 1790 g/mol. The summed E-state index contributed by atoms with van der Waals surface area (Å²) in [5.41, 5.74) is 12.6. The molecule has 2 aliphatic rings. The van der Waals surface area contributed by atoms with Crippen molar-refractivity contribution in [3.63, 3.8) is 0 Å². The molecule has 0 atom stereocenters. The van der Waals surface area contributed by atoms with Gasteiger partial charge in [0.1, 0.15) is 114 Å². The molecular formula is C120H146N16O8+8. The second-order valence-electron chi connectivity index (χ2n) is 40.0. The van der Waals surface area contributed by atoms with E-state index in [-0.39, 0.29) is 23.3 Å². The van der Waals surface area contributed by atoms with Crippen LogP contribution in [0.1, 0.15) is 111 Å². The molecule has 0 aliphatic carbocycles. The second kappa shape index (κ2) is 41.4. The predicted molar refractivity (Wildman–Crippen MR) is 599 cm³/mol. The van der Waals surface area contributed by atoms with Crippen LogP contribution in [-0.4, -0.2) is 201 Å². The smallest absolute Gasteiger partial charge is 0.170 e. The molecule has 17 rings (SSSR count). The Balaban J connectivity index is 1.02. The minimum atomic E-state index is 0.287. The van der Waals surface area contributed by atoms with Crippen molar-refractivity contribution in [1.82, 2.24) is 75.7 Å². The molecule has 12 aromatic carbocycles. The Morgan fingerprint density at radius 3 is 0.438 bits per heavy atom. The Morgan fingerprint density at radius 2 is 0.306 bits per heavy atom. The molecule has 2 N–H and O–H groups in total. The maximum absolute atomic E-state index is 7.40. The second-order valence-corrected chi connectivity index (χ2v) is 40.0. The van der Waals surface area contributed by atoms with Crippen LogP contribution in [0, 0.1) is 0 Å². The molecule has 24 heteroatoms. The van der Waals surface area contributed by atoms with Crippen molar-refractivity contribution >= 4 is 89.6 Å². The molecule has 0 fully saturated rings. The number of quaternary nitrogens is 8. The first kappa shape index (κ1) is 102. The van der Waals surface area contributed by atoms with Gasteiger partial charge in [0.25, 0.3) is 0 Å². The number of hydrogen-bond donors (Lipinski definition) is 2. The van der Waals surface area contributed by atoms with E-state index in [1.807, 2.05) is 97.1 Å². The number of nitrogens with one attached hydrogen (secondary N) is 2. The summed E-state index contributed by atoms with van der Waals surface area (Å²) in [6, 6.07) is 82.8. The van der Waals surface area contributed by atoms with Gasteiger partial charge < -0.3 is 47.9 Å². The van der Waals surface area contributed by atoms with Gasteiger partial charge in [0.15, 0.2) is 69.3 Å². The van der Waals surface area contributed by atoms with Crippen LogP contribution in [0.15, 0.2) is 243 Å². The van der Waals surface area contributed by atoms with Crippen LogP contribution in [-0.2, 0) is 0 Å². The van der Waals surface area contributed by atoms with E-state index in [1.165, 1.54) is 0 Å². The summed E-state index contributed by atoms with van der Waals surface area (Å²) in [5, 5.41) is 2.45. The molecule has 8 bridgehead atoms. The third kappa shape index (κ3) is 19.9. The number of aromatic amines is 2. The lowest BCUT2D eigenvalue weighted by atomic mass is 10.1. The molecule has 746 valence electrons. The van der Waals surface area contributed by atoms with Crippen molar-refractivity contribution in [3.8, 4) is 138 Å². The van der Waals surface area contributed by atoms with E-state index < -0.39 is 0 Å². The molecule has 3 aromatic heterocycles. The first-order valence-electron chi connectivity index (χ1n) is 51.9. The van der Waals surface area contributed by atoms with E-state index in [2.05, 4.69) is 323 Å². The summed E-state index contributed by atoms with van der Waals surface area (Å²) in [4.78, 5) is 42.7.